The van der Waals surface area contributed by atoms with Gasteiger partial charge in [-0.05, 0) is 84.9 Å². The van der Waals surface area contributed by atoms with Gasteiger partial charge in [-0.15, -0.1) is 0 Å². The summed E-state index contributed by atoms with van der Waals surface area (Å²) in [6.07, 6.45) is 0.425. The number of hydrogen-bond acceptors (Lipinski definition) is 6. The Bertz CT molecular complexity index is 533. The molecule has 1 atom stereocenters. The number of ether oxygens (including phenoxy) is 2. The molecule has 0 aliphatic carbocycles. The normalized spacial score (nSPS) is 14.5. The average Bonchev–Trinajstić information content (AvgIpc) is 2.46. The fraction of sp³-hybridized carbons (Fsp3) is 0.850. The van der Waals surface area contributed by atoms with Gasteiger partial charge in [-0.2, -0.15) is 0 Å². The van der Waals surface area contributed by atoms with Crippen molar-refractivity contribution in [3.8, 4) is 0 Å². The Labute approximate surface area is 189 Å². The largest absolute Gasteiger partial charge is 0.454 e. The minimum absolute atomic E-state index is 0.311. The van der Waals surface area contributed by atoms with Crippen LogP contribution in [0.4, 0.5) is 0 Å². The highest BCUT2D eigenvalue weighted by Gasteiger charge is 2.39. The first-order valence-electron chi connectivity index (χ1n) is 10.8. The third kappa shape index (κ3) is 16.6. The Morgan fingerprint density at radius 1 is 0.833 bits per heavy atom. The van der Waals surface area contributed by atoms with Crippen molar-refractivity contribution in [3.63, 3.8) is 0 Å². The fourth-order valence-corrected chi connectivity index (χ4v) is 16.0. The zero-order chi connectivity index (χ0) is 23.8. The van der Waals surface area contributed by atoms with Crippen LogP contribution >= 0.6 is 0 Å². The third-order valence-electron chi connectivity index (χ3n) is 3.59. The van der Waals surface area contributed by atoms with E-state index in [2.05, 4.69) is 72.0 Å². The molecule has 0 rings (SSSR count). The highest BCUT2D eigenvalue weighted by atomic mass is 28.5. The lowest BCUT2D eigenvalue weighted by atomic mass is 10.3. The summed E-state index contributed by atoms with van der Waals surface area (Å²) in [5, 5.41) is 0. The fourth-order valence-electron chi connectivity index (χ4n) is 2.84. The molecule has 0 aromatic rings. The van der Waals surface area contributed by atoms with E-state index in [4.69, 9.17) is 22.1 Å². The van der Waals surface area contributed by atoms with Crippen LogP contribution in [-0.4, -0.2) is 65.4 Å². The summed E-state index contributed by atoms with van der Waals surface area (Å²) in [5.74, 6) is -0.408. The predicted octanol–water partition coefficient (Wildman–Crippen LogP) is 5.51. The van der Waals surface area contributed by atoms with Crippen LogP contribution in [0, 0.1) is 0 Å². The zero-order valence-corrected chi connectivity index (χ0v) is 25.3. The second-order valence-electron chi connectivity index (χ2n) is 11.0. The monoisotopic (exact) mass is 494 g/mol. The van der Waals surface area contributed by atoms with Crippen LogP contribution in [0.1, 0.15) is 13.3 Å². The van der Waals surface area contributed by atoms with E-state index in [1.165, 1.54) is 0 Å². The van der Waals surface area contributed by atoms with Crippen molar-refractivity contribution in [1.29, 1.82) is 0 Å². The van der Waals surface area contributed by atoms with Gasteiger partial charge >= 0.3 is 14.5 Å². The molecule has 0 aromatic heterocycles. The van der Waals surface area contributed by atoms with E-state index in [9.17, 15) is 4.79 Å². The Kier molecular flexibility index (Phi) is 12.2. The maximum Gasteiger partial charge on any atom is 0.333 e. The maximum atomic E-state index is 11.9. The molecule has 178 valence electrons. The van der Waals surface area contributed by atoms with Crippen molar-refractivity contribution >= 4 is 39.5 Å². The molecule has 0 radical (unpaired) electrons. The van der Waals surface area contributed by atoms with Gasteiger partial charge in [0, 0.05) is 12.2 Å². The lowest BCUT2D eigenvalue weighted by molar-refractivity contribution is -0.149. The Hall–Kier alpha value is -0.0825. The summed E-state index contributed by atoms with van der Waals surface area (Å²) in [7, 11) is -7.36. The molecular weight excluding hydrogens is 449 g/mol. The molecule has 6 nitrogen and oxygen atoms in total. The van der Waals surface area contributed by atoms with Crippen molar-refractivity contribution < 1.29 is 26.9 Å². The van der Waals surface area contributed by atoms with Gasteiger partial charge in [-0.1, -0.05) is 6.58 Å². The molecule has 0 heterocycles. The van der Waals surface area contributed by atoms with E-state index in [0.717, 1.165) is 12.5 Å². The van der Waals surface area contributed by atoms with Crippen molar-refractivity contribution in [2.75, 3.05) is 19.8 Å². The lowest BCUT2D eigenvalue weighted by Gasteiger charge is -2.38. The van der Waals surface area contributed by atoms with E-state index < -0.39 is 45.6 Å². The maximum absolute atomic E-state index is 11.9. The van der Waals surface area contributed by atoms with Crippen LogP contribution in [0.15, 0.2) is 12.2 Å². The highest BCUT2D eigenvalue weighted by molar-refractivity contribution is 6.87. The number of rotatable bonds is 15. The minimum Gasteiger partial charge on any atom is -0.454 e. The summed E-state index contributed by atoms with van der Waals surface area (Å²) in [5.41, 5.74) is 0.377. The van der Waals surface area contributed by atoms with Crippen LogP contribution in [-0.2, 0) is 26.9 Å². The molecule has 10 heteroatoms. The van der Waals surface area contributed by atoms with Gasteiger partial charge in [0.1, 0.15) is 6.10 Å². The molecule has 0 saturated heterocycles. The van der Waals surface area contributed by atoms with Crippen LogP contribution in [0.2, 0.25) is 71.5 Å². The van der Waals surface area contributed by atoms with Crippen molar-refractivity contribution in [2.45, 2.75) is 91.0 Å². The Balaban J connectivity index is 4.73. The number of carbonyl (C=O) groups excluding carboxylic acids is 1. The van der Waals surface area contributed by atoms with E-state index in [0.29, 0.717) is 25.4 Å². The molecule has 0 saturated carbocycles. The molecule has 0 aliphatic rings. The minimum atomic E-state index is -2.25. The molecule has 0 bridgehead atoms. The molecule has 1 unspecified atom stereocenters. The standard InChI is InChI=1S/C20H46O6Si4/c1-18(2)20(21)24-19(17-23-27(3,4)5)16-22-14-13-15-30(12,25-28(6,7)8)26-29(9,10)11/h19H,1,13-17H2,2-12H3. The zero-order valence-electron chi connectivity index (χ0n) is 21.3. The number of carbonyl (C=O) groups is 1. The van der Waals surface area contributed by atoms with Gasteiger partial charge in [0.05, 0.1) is 13.2 Å². The molecule has 0 aromatic carbocycles. The summed E-state index contributed by atoms with van der Waals surface area (Å²) >= 11 is 0. The van der Waals surface area contributed by atoms with Gasteiger partial charge in [0.15, 0.2) is 25.0 Å². The molecule has 0 aliphatic heterocycles. The summed E-state index contributed by atoms with van der Waals surface area (Å²) in [4.78, 5) is 11.9. The van der Waals surface area contributed by atoms with E-state index >= 15 is 0 Å². The van der Waals surface area contributed by atoms with Gasteiger partial charge < -0.3 is 22.1 Å². The topological polar surface area (TPSA) is 63.2 Å². The molecule has 0 amide bonds. The predicted molar refractivity (Wildman–Crippen MR) is 135 cm³/mol. The van der Waals surface area contributed by atoms with Gasteiger partial charge in [-0.3, -0.25) is 0 Å². The summed E-state index contributed by atoms with van der Waals surface area (Å²) in [6, 6.07) is 0.892. The number of esters is 1. The van der Waals surface area contributed by atoms with Crippen molar-refractivity contribution in [2.24, 2.45) is 0 Å². The first kappa shape index (κ1) is 29.9. The summed E-state index contributed by atoms with van der Waals surface area (Å²) < 4.78 is 30.3. The Morgan fingerprint density at radius 2 is 1.33 bits per heavy atom. The van der Waals surface area contributed by atoms with Crippen LogP contribution < -0.4 is 0 Å². The van der Waals surface area contributed by atoms with Gasteiger partial charge in [0.2, 0.25) is 0 Å². The van der Waals surface area contributed by atoms with Gasteiger partial charge in [-0.25, -0.2) is 4.79 Å². The highest BCUT2D eigenvalue weighted by Crippen LogP contribution is 2.25. The SMILES string of the molecule is C=C(C)C(=O)OC(COCCC[Si](C)(O[Si](C)(C)C)O[Si](C)(C)C)CO[Si](C)(C)C. The Morgan fingerprint density at radius 3 is 1.73 bits per heavy atom. The van der Waals surface area contributed by atoms with E-state index in [1.807, 2.05) is 0 Å². The lowest BCUT2D eigenvalue weighted by Crippen LogP contribution is -2.52. The molecule has 0 fully saturated rings. The first-order valence-corrected chi connectivity index (χ1v) is 23.6. The van der Waals surface area contributed by atoms with Crippen LogP contribution in [0.25, 0.3) is 0 Å². The molecule has 0 spiro atoms. The smallest absolute Gasteiger partial charge is 0.333 e. The van der Waals surface area contributed by atoms with Gasteiger partial charge in [0.25, 0.3) is 0 Å². The molecule has 30 heavy (non-hydrogen) atoms. The molecular formula is C20H46O6Si4. The van der Waals surface area contributed by atoms with Crippen LogP contribution in [0.3, 0.4) is 0 Å². The second-order valence-corrected chi connectivity index (χ2v) is 28.3. The van der Waals surface area contributed by atoms with Crippen molar-refractivity contribution in [1.82, 2.24) is 0 Å². The third-order valence-corrected chi connectivity index (χ3v) is 14.2. The summed E-state index contributed by atoms with van der Waals surface area (Å²) in [6.45, 7) is 28.3. The molecule has 0 N–H and O–H groups in total. The quantitative estimate of drug-likeness (QED) is 0.129. The first-order chi connectivity index (χ1) is 13.3. The van der Waals surface area contributed by atoms with Crippen LogP contribution in [0.5, 0.6) is 0 Å². The number of hydrogen-bond donors (Lipinski definition) is 0. The second kappa shape index (κ2) is 12.2. The van der Waals surface area contributed by atoms with E-state index in [1.54, 1.807) is 6.92 Å². The average molecular weight is 495 g/mol. The van der Waals surface area contributed by atoms with Crippen molar-refractivity contribution in [3.05, 3.63) is 12.2 Å². The van der Waals surface area contributed by atoms with E-state index in [-0.39, 0.29) is 0 Å².